The van der Waals surface area contributed by atoms with Gasteiger partial charge in [-0.15, -0.1) is 0 Å². The molecule has 0 bridgehead atoms. The lowest BCUT2D eigenvalue weighted by Gasteiger charge is -2.24. The number of aliphatic hydroxyl groups is 1. The molecule has 1 aromatic heterocycles. The summed E-state index contributed by atoms with van der Waals surface area (Å²) in [5.74, 6) is -1.22. The van der Waals surface area contributed by atoms with Crippen LogP contribution >= 0.6 is 11.3 Å². The molecular formula is C31H34N2O8S. The minimum atomic E-state index is -1.07. The van der Waals surface area contributed by atoms with Gasteiger partial charge >= 0.3 is 11.9 Å². The van der Waals surface area contributed by atoms with Gasteiger partial charge in [-0.1, -0.05) is 30.7 Å². The maximum atomic E-state index is 13.6. The van der Waals surface area contributed by atoms with Gasteiger partial charge in [0.25, 0.3) is 5.78 Å². The first-order valence-corrected chi connectivity index (χ1v) is 14.6. The average molecular weight is 595 g/mol. The number of carbonyl (C=O) groups excluding carboxylic acids is 3. The molecule has 1 N–H and O–H groups in total. The number of carbonyl (C=O) groups is 3. The number of rotatable bonds is 12. The normalized spacial score (nSPS) is 16.0. The van der Waals surface area contributed by atoms with Gasteiger partial charge in [-0.2, -0.15) is 0 Å². The molecule has 0 aliphatic carbocycles. The summed E-state index contributed by atoms with van der Waals surface area (Å²) < 4.78 is 22.0. The van der Waals surface area contributed by atoms with E-state index >= 15 is 0 Å². The molecule has 1 fully saturated rings. The highest BCUT2D eigenvalue weighted by molar-refractivity contribution is 7.17. The number of thiazole rings is 1. The summed E-state index contributed by atoms with van der Waals surface area (Å²) in [6.45, 7) is 8.37. The van der Waals surface area contributed by atoms with Gasteiger partial charge < -0.3 is 24.1 Å². The number of anilines is 1. The Hall–Kier alpha value is -4.38. The lowest BCUT2D eigenvalue weighted by Crippen LogP contribution is -2.29. The molecular weight excluding hydrogens is 560 g/mol. The van der Waals surface area contributed by atoms with Crippen LogP contribution in [0.5, 0.6) is 17.2 Å². The highest BCUT2D eigenvalue weighted by atomic mass is 32.1. The van der Waals surface area contributed by atoms with E-state index in [0.29, 0.717) is 47.3 Å². The summed E-state index contributed by atoms with van der Waals surface area (Å²) in [5, 5.41) is 11.6. The summed E-state index contributed by atoms with van der Waals surface area (Å²) >= 11 is 0.942. The molecule has 3 aromatic rings. The van der Waals surface area contributed by atoms with E-state index in [9.17, 15) is 19.5 Å². The van der Waals surface area contributed by atoms with Gasteiger partial charge in [-0.05, 0) is 69.2 Å². The number of amides is 1. The fourth-order valence-corrected chi connectivity index (χ4v) is 5.53. The molecule has 1 amide bonds. The number of esters is 1. The number of hydrogen-bond donors (Lipinski definition) is 1. The number of benzene rings is 2. The number of nitrogens with zero attached hydrogens (tertiary/aromatic N) is 2. The number of aromatic nitrogens is 1. The molecule has 0 spiro atoms. The van der Waals surface area contributed by atoms with Gasteiger partial charge in [0, 0.05) is 5.56 Å². The SMILES string of the molecule is CCCCOc1ccc(C(O)=C2C(=O)C(=O)N(c3nc(C)c(C(=O)OCC)s3)[C@@H]2c2ccc(OCC)c(OC)c2)cc1. The van der Waals surface area contributed by atoms with Gasteiger partial charge in [0.05, 0.1) is 44.2 Å². The van der Waals surface area contributed by atoms with Crippen LogP contribution in [0, 0.1) is 6.92 Å². The smallest absolute Gasteiger partial charge is 0.350 e. The van der Waals surface area contributed by atoms with Crippen LogP contribution in [0.2, 0.25) is 0 Å². The molecule has 10 nitrogen and oxygen atoms in total. The second-order valence-electron chi connectivity index (χ2n) is 9.37. The topological polar surface area (TPSA) is 124 Å². The average Bonchev–Trinajstić information content (AvgIpc) is 3.50. The van der Waals surface area contributed by atoms with E-state index < -0.39 is 23.7 Å². The van der Waals surface area contributed by atoms with Gasteiger partial charge in [-0.25, -0.2) is 9.78 Å². The molecule has 4 rings (SSSR count). The quantitative estimate of drug-likeness (QED) is 0.0905. The number of methoxy groups -OCH3 is 1. The fraction of sp³-hybridized carbons (Fsp3) is 0.355. The van der Waals surface area contributed by atoms with Crippen LogP contribution in [0.15, 0.2) is 48.0 Å². The van der Waals surface area contributed by atoms with Gasteiger partial charge in [0.2, 0.25) is 0 Å². The summed E-state index contributed by atoms with van der Waals surface area (Å²) in [5.41, 5.74) is 1.04. The van der Waals surface area contributed by atoms with Crippen LogP contribution in [-0.4, -0.2) is 54.7 Å². The van der Waals surface area contributed by atoms with E-state index in [2.05, 4.69) is 11.9 Å². The largest absolute Gasteiger partial charge is 0.507 e. The predicted octanol–water partition coefficient (Wildman–Crippen LogP) is 5.84. The Morgan fingerprint density at radius 1 is 1.02 bits per heavy atom. The molecule has 1 aliphatic heterocycles. The Bertz CT molecular complexity index is 1500. The predicted molar refractivity (Wildman–Crippen MR) is 159 cm³/mol. The molecule has 1 saturated heterocycles. The van der Waals surface area contributed by atoms with Crippen LogP contribution in [0.4, 0.5) is 5.13 Å². The van der Waals surface area contributed by atoms with Crippen LogP contribution in [-0.2, 0) is 14.3 Å². The number of ketones is 1. The van der Waals surface area contributed by atoms with Crippen molar-refractivity contribution in [2.45, 2.75) is 46.6 Å². The highest BCUT2D eigenvalue weighted by Crippen LogP contribution is 2.45. The van der Waals surface area contributed by atoms with Crippen molar-refractivity contribution in [2.75, 3.05) is 31.8 Å². The second-order valence-corrected chi connectivity index (χ2v) is 10.3. The summed E-state index contributed by atoms with van der Waals surface area (Å²) in [6.07, 6.45) is 1.90. The first kappa shape index (κ1) is 30.6. The van der Waals surface area contributed by atoms with Crippen LogP contribution in [0.3, 0.4) is 0 Å². The molecule has 1 atom stereocenters. The molecule has 0 radical (unpaired) electrons. The first-order chi connectivity index (χ1) is 20.2. The zero-order valence-corrected chi connectivity index (χ0v) is 25.1. The molecule has 2 heterocycles. The third-order valence-corrected chi connectivity index (χ3v) is 7.73. The maximum Gasteiger partial charge on any atom is 0.350 e. The molecule has 42 heavy (non-hydrogen) atoms. The van der Waals surface area contributed by atoms with E-state index in [0.717, 1.165) is 24.2 Å². The molecule has 11 heteroatoms. The molecule has 222 valence electrons. The Kier molecular flexibility index (Phi) is 9.84. The van der Waals surface area contributed by atoms with E-state index in [1.54, 1.807) is 56.3 Å². The van der Waals surface area contributed by atoms with Crippen molar-refractivity contribution in [3.63, 3.8) is 0 Å². The van der Waals surface area contributed by atoms with E-state index in [1.807, 2.05) is 6.92 Å². The Balaban J connectivity index is 1.86. The number of unbranched alkanes of at least 4 members (excludes halogenated alkanes) is 1. The number of aryl methyl sites for hydroxylation is 1. The molecule has 0 unspecified atom stereocenters. The van der Waals surface area contributed by atoms with Crippen molar-refractivity contribution in [1.82, 2.24) is 4.98 Å². The number of ether oxygens (including phenoxy) is 4. The van der Waals surface area contributed by atoms with E-state index in [1.165, 1.54) is 12.0 Å². The zero-order chi connectivity index (χ0) is 30.4. The first-order valence-electron chi connectivity index (χ1n) is 13.7. The minimum Gasteiger partial charge on any atom is -0.507 e. The number of hydrogen-bond acceptors (Lipinski definition) is 10. The van der Waals surface area contributed by atoms with Crippen molar-refractivity contribution in [2.24, 2.45) is 0 Å². The second kappa shape index (κ2) is 13.5. The lowest BCUT2D eigenvalue weighted by molar-refractivity contribution is -0.132. The van der Waals surface area contributed by atoms with Gasteiger partial charge in [-0.3, -0.25) is 14.5 Å². The van der Waals surface area contributed by atoms with Crippen LogP contribution in [0.25, 0.3) is 5.76 Å². The molecule has 1 aliphatic rings. The number of aliphatic hydroxyl groups excluding tert-OH is 1. The zero-order valence-electron chi connectivity index (χ0n) is 24.3. The maximum absolute atomic E-state index is 13.6. The van der Waals surface area contributed by atoms with Crippen LogP contribution in [0.1, 0.15) is 66.1 Å². The van der Waals surface area contributed by atoms with Crippen molar-refractivity contribution >= 4 is 39.9 Å². The summed E-state index contributed by atoms with van der Waals surface area (Å²) in [7, 11) is 1.48. The van der Waals surface area contributed by atoms with Crippen molar-refractivity contribution < 1.29 is 38.4 Å². The molecule has 0 saturated carbocycles. The van der Waals surface area contributed by atoms with E-state index in [-0.39, 0.29) is 27.9 Å². The van der Waals surface area contributed by atoms with Gasteiger partial charge in [0.1, 0.15) is 16.4 Å². The molecule has 2 aromatic carbocycles. The van der Waals surface area contributed by atoms with E-state index in [4.69, 9.17) is 18.9 Å². The summed E-state index contributed by atoms with van der Waals surface area (Å²) in [6, 6.07) is 10.6. The third kappa shape index (κ3) is 6.11. The number of Topliss-reactive ketones (excluding diaryl/α,β-unsaturated/α-hetero) is 1. The van der Waals surface area contributed by atoms with Crippen molar-refractivity contribution in [3.8, 4) is 17.2 Å². The fourth-order valence-electron chi connectivity index (χ4n) is 4.54. The standard InChI is InChI=1S/C31H34N2O8S/c1-6-9-16-41-21-13-10-19(11-14-21)26(34)24-25(20-12-15-22(39-7-2)23(17-20)38-5)33(29(36)27(24)35)31-32-18(4)28(42-31)30(37)40-8-3/h10-15,17,25,34H,6-9,16H2,1-5H3/t25-/m1/s1. The Morgan fingerprint density at radius 3 is 2.40 bits per heavy atom. The van der Waals surface area contributed by atoms with Gasteiger partial charge in [0.15, 0.2) is 16.6 Å². The van der Waals surface area contributed by atoms with Crippen LogP contribution < -0.4 is 19.1 Å². The summed E-state index contributed by atoms with van der Waals surface area (Å²) in [4.78, 5) is 45.6. The lowest BCUT2D eigenvalue weighted by atomic mass is 9.95. The minimum absolute atomic E-state index is 0.120. The third-order valence-electron chi connectivity index (χ3n) is 6.59. The highest BCUT2D eigenvalue weighted by Gasteiger charge is 2.48. The monoisotopic (exact) mass is 594 g/mol. The Morgan fingerprint density at radius 2 is 1.76 bits per heavy atom. The Labute approximate surface area is 248 Å². The van der Waals surface area contributed by atoms with Crippen molar-refractivity contribution in [3.05, 3.63) is 69.7 Å². The van der Waals surface area contributed by atoms with Crippen molar-refractivity contribution in [1.29, 1.82) is 0 Å².